The third-order valence-electron chi connectivity index (χ3n) is 7.72. The number of carbonyl (C=O) groups is 2. The molecule has 4 heterocycles. The van der Waals surface area contributed by atoms with Gasteiger partial charge in [0.2, 0.25) is 0 Å². The molecule has 1 saturated heterocycles. The normalized spacial score (nSPS) is 16.9. The maximum absolute atomic E-state index is 14.5. The van der Waals surface area contributed by atoms with Gasteiger partial charge in [-0.05, 0) is 44.9 Å². The average molecular weight is 607 g/mol. The smallest absolute Gasteiger partial charge is 0.343 e. The van der Waals surface area contributed by atoms with Crippen molar-refractivity contribution in [3.8, 4) is 16.9 Å². The first kappa shape index (κ1) is 28.4. The van der Waals surface area contributed by atoms with Crippen LogP contribution >= 0.6 is 11.6 Å². The quantitative estimate of drug-likeness (QED) is 0.227. The van der Waals surface area contributed by atoms with Gasteiger partial charge >= 0.3 is 5.97 Å². The molecule has 13 heteroatoms. The van der Waals surface area contributed by atoms with Crippen LogP contribution in [0.5, 0.6) is 0 Å². The number of halogens is 3. The zero-order valence-corrected chi connectivity index (χ0v) is 24.1. The molecule has 2 atom stereocenters. The first-order chi connectivity index (χ1) is 20.6. The van der Waals surface area contributed by atoms with Crippen molar-refractivity contribution in [2.45, 2.75) is 38.6 Å². The summed E-state index contributed by atoms with van der Waals surface area (Å²) in [6.45, 7) is 4.17. The molecule has 220 valence electrons. The van der Waals surface area contributed by atoms with Crippen LogP contribution in [0.3, 0.4) is 0 Å². The number of pyridine rings is 1. The van der Waals surface area contributed by atoms with E-state index in [2.05, 4.69) is 25.2 Å². The number of nitrogens with zero attached hydrogens (tertiary/aromatic N) is 6. The van der Waals surface area contributed by atoms with Crippen LogP contribution in [0.2, 0.25) is 5.02 Å². The molecule has 10 nitrogen and oxygen atoms in total. The van der Waals surface area contributed by atoms with E-state index in [9.17, 15) is 18.4 Å². The molecule has 0 saturated carbocycles. The van der Waals surface area contributed by atoms with Gasteiger partial charge in [0.05, 0.1) is 47.0 Å². The SMILES string of the molecule is COC(=O)c1c(F)cc(-n2cc(C3CCN(C(=O)c4cc(-c5cccc(Cl)c5)nc5onc(C)c45)C(C)C3)nn2)cc1F. The molecule has 2 aromatic carbocycles. The molecule has 0 spiro atoms. The summed E-state index contributed by atoms with van der Waals surface area (Å²) in [6, 6.07) is 10.8. The van der Waals surface area contributed by atoms with Crippen molar-refractivity contribution < 1.29 is 27.6 Å². The van der Waals surface area contributed by atoms with Crippen molar-refractivity contribution in [2.24, 2.45) is 0 Å². The van der Waals surface area contributed by atoms with Crippen molar-refractivity contribution in [1.29, 1.82) is 0 Å². The maximum atomic E-state index is 14.5. The highest BCUT2D eigenvalue weighted by Gasteiger charge is 2.33. The van der Waals surface area contributed by atoms with E-state index in [0.717, 1.165) is 24.8 Å². The van der Waals surface area contributed by atoms with Gasteiger partial charge < -0.3 is 14.2 Å². The number of rotatable bonds is 5. The lowest BCUT2D eigenvalue weighted by Gasteiger charge is -2.37. The first-order valence-electron chi connectivity index (χ1n) is 13.5. The van der Waals surface area contributed by atoms with E-state index >= 15 is 0 Å². The van der Waals surface area contributed by atoms with Gasteiger partial charge in [-0.1, -0.05) is 34.1 Å². The third kappa shape index (κ3) is 5.22. The molecular weight excluding hydrogens is 582 g/mol. The number of likely N-dealkylation sites (tertiary alicyclic amines) is 1. The lowest BCUT2D eigenvalue weighted by Crippen LogP contribution is -2.44. The van der Waals surface area contributed by atoms with Gasteiger partial charge in [-0.3, -0.25) is 4.79 Å². The number of amides is 1. The molecule has 0 bridgehead atoms. The molecule has 1 fully saturated rings. The molecule has 2 unspecified atom stereocenters. The van der Waals surface area contributed by atoms with Crippen molar-refractivity contribution in [2.75, 3.05) is 13.7 Å². The molecule has 1 amide bonds. The third-order valence-corrected chi connectivity index (χ3v) is 7.95. The molecule has 5 aromatic rings. The van der Waals surface area contributed by atoms with Crippen molar-refractivity contribution in [3.05, 3.63) is 87.8 Å². The number of benzene rings is 2. The molecule has 3 aromatic heterocycles. The van der Waals surface area contributed by atoms with Gasteiger partial charge in [0.1, 0.15) is 17.2 Å². The molecule has 6 rings (SSSR count). The van der Waals surface area contributed by atoms with Crippen molar-refractivity contribution in [3.63, 3.8) is 0 Å². The first-order valence-corrected chi connectivity index (χ1v) is 13.9. The summed E-state index contributed by atoms with van der Waals surface area (Å²) in [5, 5.41) is 13.4. The van der Waals surface area contributed by atoms with Gasteiger partial charge in [0, 0.05) is 41.2 Å². The summed E-state index contributed by atoms with van der Waals surface area (Å²) in [4.78, 5) is 32.1. The zero-order chi connectivity index (χ0) is 30.4. The largest absolute Gasteiger partial charge is 0.465 e. The molecule has 0 aliphatic carbocycles. The minimum atomic E-state index is -1.11. The second-order valence-corrected chi connectivity index (χ2v) is 10.9. The maximum Gasteiger partial charge on any atom is 0.343 e. The van der Waals surface area contributed by atoms with Crippen molar-refractivity contribution in [1.82, 2.24) is 30.0 Å². The zero-order valence-electron chi connectivity index (χ0n) is 23.3. The van der Waals surface area contributed by atoms with Crippen LogP contribution < -0.4 is 0 Å². The Morgan fingerprint density at radius 2 is 1.91 bits per heavy atom. The fourth-order valence-corrected chi connectivity index (χ4v) is 5.73. The summed E-state index contributed by atoms with van der Waals surface area (Å²) in [6.07, 6.45) is 2.79. The van der Waals surface area contributed by atoms with Crippen LogP contribution in [-0.4, -0.2) is 61.6 Å². The predicted molar refractivity (Wildman–Crippen MR) is 152 cm³/mol. The highest BCUT2D eigenvalue weighted by molar-refractivity contribution is 6.30. The number of aromatic nitrogens is 5. The van der Waals surface area contributed by atoms with E-state index in [1.54, 1.807) is 36.2 Å². The molecule has 0 N–H and O–H groups in total. The van der Waals surface area contributed by atoms with E-state index in [0.29, 0.717) is 52.4 Å². The number of carbonyl (C=O) groups excluding carboxylic acids is 2. The summed E-state index contributed by atoms with van der Waals surface area (Å²) >= 11 is 6.20. The van der Waals surface area contributed by atoms with E-state index < -0.39 is 23.2 Å². The van der Waals surface area contributed by atoms with Gasteiger partial charge in [0.15, 0.2) is 0 Å². The number of hydrogen-bond donors (Lipinski definition) is 0. The topological polar surface area (TPSA) is 116 Å². The monoisotopic (exact) mass is 606 g/mol. The van der Waals surface area contributed by atoms with E-state index in [-0.39, 0.29) is 29.3 Å². The Balaban J connectivity index is 1.23. The van der Waals surface area contributed by atoms with Crippen LogP contribution in [0.15, 0.2) is 53.2 Å². The standard InChI is InChI=1S/C30H25ClF2N6O4/c1-15-9-18(25-14-39(37-35-25)20-11-22(32)27(23(33)12-20)30(41)42-3)7-8-38(15)29(40)21-13-24(17-5-4-6-19(31)10-17)34-28-26(21)16(2)36-43-28/h4-6,10-15,18H,7-9H2,1-3H3. The number of ether oxygens (including phenoxy) is 1. The highest BCUT2D eigenvalue weighted by atomic mass is 35.5. The molecule has 43 heavy (non-hydrogen) atoms. The van der Waals surface area contributed by atoms with Crippen LogP contribution in [0, 0.1) is 18.6 Å². The van der Waals surface area contributed by atoms with Gasteiger partial charge in [-0.25, -0.2) is 23.2 Å². The Kier molecular flexibility index (Phi) is 7.38. The minimum absolute atomic E-state index is 0.0476. The number of esters is 1. The molecule has 0 radical (unpaired) electrons. The summed E-state index contributed by atoms with van der Waals surface area (Å²) < 4.78 is 40.1. The summed E-state index contributed by atoms with van der Waals surface area (Å²) in [5.74, 6) is -3.46. The predicted octanol–water partition coefficient (Wildman–Crippen LogP) is 5.91. The second-order valence-electron chi connectivity index (χ2n) is 10.4. The summed E-state index contributed by atoms with van der Waals surface area (Å²) in [5.41, 5.74) is 2.48. The summed E-state index contributed by atoms with van der Waals surface area (Å²) in [7, 11) is 1.05. The van der Waals surface area contributed by atoms with Crippen LogP contribution in [0.4, 0.5) is 8.78 Å². The van der Waals surface area contributed by atoms with Gasteiger partial charge in [0.25, 0.3) is 11.6 Å². The number of hydrogen-bond acceptors (Lipinski definition) is 8. The molecule has 1 aliphatic heterocycles. The van der Waals surface area contributed by atoms with Crippen LogP contribution in [-0.2, 0) is 4.74 Å². The fraction of sp³-hybridized carbons (Fsp3) is 0.267. The van der Waals surface area contributed by atoms with E-state index in [4.69, 9.17) is 16.1 Å². The lowest BCUT2D eigenvalue weighted by molar-refractivity contribution is 0.0587. The number of aryl methyl sites for hydroxylation is 1. The number of fused-ring (bicyclic) bond motifs is 1. The Morgan fingerprint density at radius 1 is 1.14 bits per heavy atom. The minimum Gasteiger partial charge on any atom is -0.465 e. The van der Waals surface area contributed by atoms with Crippen molar-refractivity contribution >= 4 is 34.6 Å². The highest BCUT2D eigenvalue weighted by Crippen LogP contribution is 2.34. The molecule has 1 aliphatic rings. The Labute approximate surface area is 249 Å². The van der Waals surface area contributed by atoms with E-state index in [1.807, 2.05) is 19.1 Å². The van der Waals surface area contributed by atoms with E-state index in [1.165, 1.54) is 4.68 Å². The fourth-order valence-electron chi connectivity index (χ4n) is 5.54. The van der Waals surface area contributed by atoms with Gasteiger partial charge in [-0.2, -0.15) is 0 Å². The number of methoxy groups -OCH3 is 1. The number of piperidine rings is 1. The second kappa shape index (κ2) is 11.2. The van der Waals surface area contributed by atoms with Crippen LogP contribution in [0.25, 0.3) is 28.0 Å². The molecular formula is C30H25ClF2N6O4. The Morgan fingerprint density at radius 3 is 2.60 bits per heavy atom. The Bertz CT molecular complexity index is 1870. The lowest BCUT2D eigenvalue weighted by atomic mass is 9.88. The van der Waals surface area contributed by atoms with Crippen LogP contribution in [0.1, 0.15) is 57.8 Å². The average Bonchev–Trinajstić information content (AvgIpc) is 3.63. The Hall–Kier alpha value is -4.71. The van der Waals surface area contributed by atoms with Gasteiger partial charge in [-0.15, -0.1) is 5.10 Å².